The molecule has 0 aliphatic carbocycles. The third-order valence-electron chi connectivity index (χ3n) is 5.96. The first-order valence-corrected chi connectivity index (χ1v) is 10.3. The summed E-state index contributed by atoms with van der Waals surface area (Å²) in [5.74, 6) is 0.780. The summed E-state index contributed by atoms with van der Waals surface area (Å²) >= 11 is 0. The van der Waals surface area contributed by atoms with Crippen molar-refractivity contribution in [3.8, 4) is 0 Å². The lowest BCUT2D eigenvalue weighted by Gasteiger charge is -2.46. The van der Waals surface area contributed by atoms with Crippen LogP contribution in [0.15, 0.2) is 0 Å². The SMILES string of the molecule is CC(C)CC(=O)N1CCC2(CC1)CC(OCC(=O)N1CCCC1)CCO2. The molecular weight excluding hydrogens is 332 g/mol. The van der Waals surface area contributed by atoms with Crippen molar-refractivity contribution in [3.63, 3.8) is 0 Å². The van der Waals surface area contributed by atoms with Gasteiger partial charge in [0.2, 0.25) is 11.8 Å². The molecular formula is C20H34N2O4. The van der Waals surface area contributed by atoms with Crippen LogP contribution in [0.5, 0.6) is 0 Å². The average molecular weight is 367 g/mol. The van der Waals surface area contributed by atoms with Crippen LogP contribution in [0.3, 0.4) is 0 Å². The molecule has 3 heterocycles. The van der Waals surface area contributed by atoms with Gasteiger partial charge in [0.25, 0.3) is 0 Å². The zero-order chi connectivity index (χ0) is 18.6. The molecule has 0 aromatic carbocycles. The van der Waals surface area contributed by atoms with Gasteiger partial charge < -0.3 is 19.3 Å². The van der Waals surface area contributed by atoms with Crippen LogP contribution >= 0.6 is 0 Å². The molecule has 3 aliphatic heterocycles. The van der Waals surface area contributed by atoms with Crippen LogP contribution < -0.4 is 0 Å². The second-order valence-corrected chi connectivity index (χ2v) is 8.52. The van der Waals surface area contributed by atoms with Crippen molar-refractivity contribution in [2.75, 3.05) is 39.4 Å². The molecule has 0 aromatic rings. The van der Waals surface area contributed by atoms with E-state index in [1.54, 1.807) is 0 Å². The van der Waals surface area contributed by atoms with Crippen molar-refractivity contribution in [2.24, 2.45) is 5.92 Å². The Hall–Kier alpha value is -1.14. The summed E-state index contributed by atoms with van der Waals surface area (Å²) < 4.78 is 12.1. The maximum absolute atomic E-state index is 12.3. The van der Waals surface area contributed by atoms with E-state index in [4.69, 9.17) is 9.47 Å². The number of likely N-dealkylation sites (tertiary alicyclic amines) is 2. The Kier molecular flexibility index (Phi) is 6.56. The molecule has 1 unspecified atom stereocenters. The van der Waals surface area contributed by atoms with Crippen LogP contribution in [0.4, 0.5) is 0 Å². The van der Waals surface area contributed by atoms with Gasteiger partial charge in [0.15, 0.2) is 0 Å². The molecule has 3 fully saturated rings. The van der Waals surface area contributed by atoms with Crippen molar-refractivity contribution in [1.29, 1.82) is 0 Å². The Balaban J connectivity index is 1.44. The first kappa shape index (κ1) is 19.6. The third kappa shape index (κ3) is 4.97. The number of hydrogen-bond donors (Lipinski definition) is 0. The number of carbonyl (C=O) groups is 2. The summed E-state index contributed by atoms with van der Waals surface area (Å²) in [4.78, 5) is 28.3. The number of rotatable bonds is 5. The molecule has 3 rings (SSSR count). The summed E-state index contributed by atoms with van der Waals surface area (Å²) in [6.07, 6.45) is 6.37. The van der Waals surface area contributed by atoms with E-state index in [0.717, 1.165) is 64.7 Å². The van der Waals surface area contributed by atoms with Gasteiger partial charge in [-0.05, 0) is 38.0 Å². The molecule has 0 saturated carbocycles. The van der Waals surface area contributed by atoms with Gasteiger partial charge in [-0.15, -0.1) is 0 Å². The summed E-state index contributed by atoms with van der Waals surface area (Å²) in [5.41, 5.74) is -0.172. The second kappa shape index (κ2) is 8.70. The fourth-order valence-corrected chi connectivity index (χ4v) is 4.36. The summed E-state index contributed by atoms with van der Waals surface area (Å²) in [5, 5.41) is 0. The molecule has 1 spiro atoms. The molecule has 2 amide bonds. The summed E-state index contributed by atoms with van der Waals surface area (Å²) in [6.45, 7) is 8.33. The van der Waals surface area contributed by atoms with E-state index in [0.29, 0.717) is 18.9 Å². The molecule has 0 bridgehead atoms. The van der Waals surface area contributed by atoms with Crippen molar-refractivity contribution in [2.45, 2.75) is 70.5 Å². The number of nitrogens with zero attached hydrogens (tertiary/aromatic N) is 2. The van der Waals surface area contributed by atoms with Crippen LogP contribution in [0.25, 0.3) is 0 Å². The van der Waals surface area contributed by atoms with E-state index in [2.05, 4.69) is 13.8 Å². The van der Waals surface area contributed by atoms with Gasteiger partial charge in [0.05, 0.1) is 11.7 Å². The van der Waals surface area contributed by atoms with E-state index in [-0.39, 0.29) is 30.1 Å². The molecule has 0 radical (unpaired) electrons. The molecule has 3 saturated heterocycles. The van der Waals surface area contributed by atoms with Gasteiger partial charge >= 0.3 is 0 Å². The highest BCUT2D eigenvalue weighted by atomic mass is 16.5. The molecule has 148 valence electrons. The van der Waals surface area contributed by atoms with Crippen LogP contribution in [-0.4, -0.2) is 72.7 Å². The third-order valence-corrected chi connectivity index (χ3v) is 5.96. The lowest BCUT2D eigenvalue weighted by atomic mass is 9.83. The van der Waals surface area contributed by atoms with Crippen molar-refractivity contribution >= 4 is 11.8 Å². The lowest BCUT2D eigenvalue weighted by Crippen LogP contribution is -2.52. The average Bonchev–Trinajstić information content (AvgIpc) is 3.14. The zero-order valence-corrected chi connectivity index (χ0v) is 16.4. The quantitative estimate of drug-likeness (QED) is 0.749. The topological polar surface area (TPSA) is 59.1 Å². The first-order chi connectivity index (χ1) is 12.5. The van der Waals surface area contributed by atoms with Crippen molar-refractivity contribution < 1.29 is 19.1 Å². The minimum absolute atomic E-state index is 0.0909. The highest BCUT2D eigenvalue weighted by Crippen LogP contribution is 2.36. The smallest absolute Gasteiger partial charge is 0.248 e. The maximum Gasteiger partial charge on any atom is 0.248 e. The molecule has 0 aromatic heterocycles. The van der Waals surface area contributed by atoms with Crippen LogP contribution in [0.1, 0.15) is 58.8 Å². The minimum Gasteiger partial charge on any atom is -0.375 e. The molecule has 6 heteroatoms. The number of piperidine rings is 1. The highest BCUT2D eigenvalue weighted by Gasteiger charge is 2.41. The fraction of sp³-hybridized carbons (Fsp3) is 0.900. The van der Waals surface area contributed by atoms with E-state index < -0.39 is 0 Å². The Morgan fingerprint density at radius 3 is 2.38 bits per heavy atom. The normalized spacial score (nSPS) is 25.9. The van der Waals surface area contributed by atoms with Gasteiger partial charge in [-0.2, -0.15) is 0 Å². The maximum atomic E-state index is 12.3. The first-order valence-electron chi connectivity index (χ1n) is 10.3. The van der Waals surface area contributed by atoms with Crippen molar-refractivity contribution in [3.05, 3.63) is 0 Å². The second-order valence-electron chi connectivity index (χ2n) is 8.52. The number of carbonyl (C=O) groups excluding carboxylic acids is 2. The van der Waals surface area contributed by atoms with E-state index in [1.807, 2.05) is 9.80 Å². The molecule has 6 nitrogen and oxygen atoms in total. The van der Waals surface area contributed by atoms with Gasteiger partial charge in [-0.1, -0.05) is 13.8 Å². The van der Waals surface area contributed by atoms with Gasteiger partial charge in [0, 0.05) is 45.6 Å². The Morgan fingerprint density at radius 1 is 1.08 bits per heavy atom. The minimum atomic E-state index is -0.172. The van der Waals surface area contributed by atoms with Crippen LogP contribution in [0, 0.1) is 5.92 Å². The van der Waals surface area contributed by atoms with Crippen LogP contribution in [-0.2, 0) is 19.1 Å². The van der Waals surface area contributed by atoms with Gasteiger partial charge in [0.1, 0.15) is 6.61 Å². The standard InChI is InChI=1S/C20H34N2O4/c1-16(2)13-18(23)22-10-6-20(7-11-22)14-17(5-12-26-20)25-15-19(24)21-8-3-4-9-21/h16-17H,3-15H2,1-2H3. The van der Waals surface area contributed by atoms with Gasteiger partial charge in [-0.25, -0.2) is 0 Å². The number of ether oxygens (including phenoxy) is 2. The van der Waals surface area contributed by atoms with E-state index in [9.17, 15) is 9.59 Å². The molecule has 26 heavy (non-hydrogen) atoms. The Morgan fingerprint density at radius 2 is 1.73 bits per heavy atom. The largest absolute Gasteiger partial charge is 0.375 e. The number of amides is 2. The molecule has 0 N–H and O–H groups in total. The fourth-order valence-electron chi connectivity index (χ4n) is 4.36. The zero-order valence-electron chi connectivity index (χ0n) is 16.4. The van der Waals surface area contributed by atoms with E-state index in [1.165, 1.54) is 0 Å². The van der Waals surface area contributed by atoms with Crippen molar-refractivity contribution in [1.82, 2.24) is 9.80 Å². The predicted molar refractivity (Wildman–Crippen MR) is 98.7 cm³/mol. The van der Waals surface area contributed by atoms with E-state index >= 15 is 0 Å². The summed E-state index contributed by atoms with van der Waals surface area (Å²) in [6, 6.07) is 0. The lowest BCUT2D eigenvalue weighted by molar-refractivity contribution is -0.166. The Labute approximate surface area is 157 Å². The number of hydrogen-bond acceptors (Lipinski definition) is 4. The van der Waals surface area contributed by atoms with Crippen LogP contribution in [0.2, 0.25) is 0 Å². The monoisotopic (exact) mass is 366 g/mol. The highest BCUT2D eigenvalue weighted by molar-refractivity contribution is 5.77. The molecule has 3 aliphatic rings. The van der Waals surface area contributed by atoms with Gasteiger partial charge in [-0.3, -0.25) is 9.59 Å². The molecule has 1 atom stereocenters. The summed E-state index contributed by atoms with van der Waals surface area (Å²) in [7, 11) is 0. The Bertz CT molecular complexity index is 494. The predicted octanol–water partition coefficient (Wildman–Crippen LogP) is 2.21.